The highest BCUT2D eigenvalue weighted by Crippen LogP contribution is 2.04. The summed E-state index contributed by atoms with van der Waals surface area (Å²) in [6.07, 6.45) is 4.06. The van der Waals surface area contributed by atoms with Crippen LogP contribution in [0.5, 0.6) is 0 Å². The molecule has 1 aromatic heterocycles. The standard InChI is InChI=1S/C15H17N3O3.H2O/c19-14(7-6-11-4-2-1-3-5-11)18-13(15(20)21)8-12-9-16-10-17-12;/h1-5,9-10,13H,6-8H2,(H,16,17)(H,18,19)(H,20,21);1H2. The molecule has 0 radical (unpaired) electrons. The number of nitrogens with zero attached hydrogens (tertiary/aromatic N) is 1. The van der Waals surface area contributed by atoms with Crippen molar-refractivity contribution in [2.75, 3.05) is 0 Å². The number of rotatable bonds is 7. The van der Waals surface area contributed by atoms with Gasteiger partial charge in [-0.15, -0.1) is 0 Å². The first-order chi connectivity index (χ1) is 10.1. The lowest BCUT2D eigenvalue weighted by atomic mass is 10.1. The fraction of sp³-hybridized carbons (Fsp3) is 0.267. The predicted molar refractivity (Wildman–Crippen MR) is 80.2 cm³/mol. The number of hydrogen-bond donors (Lipinski definition) is 3. The minimum Gasteiger partial charge on any atom is -0.480 e. The van der Waals surface area contributed by atoms with E-state index < -0.39 is 12.0 Å². The van der Waals surface area contributed by atoms with Gasteiger partial charge in [0.05, 0.1) is 6.33 Å². The number of hydrogen-bond acceptors (Lipinski definition) is 3. The Labute approximate surface area is 127 Å². The summed E-state index contributed by atoms with van der Waals surface area (Å²) in [5.41, 5.74) is 1.72. The van der Waals surface area contributed by atoms with E-state index in [0.717, 1.165) is 5.56 Å². The molecule has 118 valence electrons. The molecule has 0 saturated heterocycles. The number of nitrogens with one attached hydrogen (secondary N) is 2. The van der Waals surface area contributed by atoms with Gasteiger partial charge in [-0.25, -0.2) is 9.78 Å². The zero-order valence-corrected chi connectivity index (χ0v) is 12.0. The number of carbonyl (C=O) groups is 2. The zero-order valence-electron chi connectivity index (χ0n) is 12.0. The lowest BCUT2D eigenvalue weighted by molar-refractivity contribution is -0.141. The highest BCUT2D eigenvalue weighted by molar-refractivity contribution is 5.83. The molecular formula is C15H19N3O4. The van der Waals surface area contributed by atoms with Crippen LogP contribution in [0.25, 0.3) is 0 Å². The molecule has 7 heteroatoms. The van der Waals surface area contributed by atoms with Crippen LogP contribution in [0.2, 0.25) is 0 Å². The van der Waals surface area contributed by atoms with Crippen molar-refractivity contribution >= 4 is 11.9 Å². The maximum absolute atomic E-state index is 11.9. The van der Waals surface area contributed by atoms with Gasteiger partial charge in [0.25, 0.3) is 0 Å². The summed E-state index contributed by atoms with van der Waals surface area (Å²) in [6.45, 7) is 0. The van der Waals surface area contributed by atoms with E-state index in [9.17, 15) is 9.59 Å². The van der Waals surface area contributed by atoms with Gasteiger partial charge in [-0.2, -0.15) is 0 Å². The lowest BCUT2D eigenvalue weighted by Crippen LogP contribution is -2.42. The van der Waals surface area contributed by atoms with Gasteiger partial charge in [0, 0.05) is 24.7 Å². The molecule has 5 N–H and O–H groups in total. The number of aliphatic carboxylic acids is 1. The summed E-state index contributed by atoms with van der Waals surface area (Å²) in [5.74, 6) is -1.33. The lowest BCUT2D eigenvalue weighted by Gasteiger charge is -2.13. The molecule has 0 aliphatic rings. The van der Waals surface area contributed by atoms with Gasteiger partial charge < -0.3 is 20.9 Å². The third kappa shape index (κ3) is 5.37. The summed E-state index contributed by atoms with van der Waals surface area (Å²) in [5, 5.41) is 11.7. The Morgan fingerprint density at radius 1 is 1.27 bits per heavy atom. The Balaban J connectivity index is 0.00000242. The van der Waals surface area contributed by atoms with E-state index in [4.69, 9.17) is 5.11 Å². The molecule has 22 heavy (non-hydrogen) atoms. The van der Waals surface area contributed by atoms with Crippen LogP contribution in [-0.2, 0) is 22.4 Å². The van der Waals surface area contributed by atoms with Crippen molar-refractivity contribution in [3.63, 3.8) is 0 Å². The van der Waals surface area contributed by atoms with Gasteiger partial charge >= 0.3 is 5.97 Å². The molecule has 0 aliphatic heterocycles. The summed E-state index contributed by atoms with van der Waals surface area (Å²) in [4.78, 5) is 29.7. The summed E-state index contributed by atoms with van der Waals surface area (Å²) >= 11 is 0. The van der Waals surface area contributed by atoms with E-state index >= 15 is 0 Å². The van der Waals surface area contributed by atoms with E-state index in [0.29, 0.717) is 12.1 Å². The maximum atomic E-state index is 11.9. The monoisotopic (exact) mass is 305 g/mol. The normalized spacial score (nSPS) is 11.3. The van der Waals surface area contributed by atoms with Crippen molar-refractivity contribution in [2.24, 2.45) is 0 Å². The number of carboxylic acids is 1. The van der Waals surface area contributed by atoms with Crippen LogP contribution in [0.15, 0.2) is 42.9 Å². The fourth-order valence-electron chi connectivity index (χ4n) is 1.99. The Morgan fingerprint density at radius 2 is 2.00 bits per heavy atom. The maximum Gasteiger partial charge on any atom is 0.326 e. The average molecular weight is 305 g/mol. The van der Waals surface area contributed by atoms with E-state index in [-0.39, 0.29) is 24.2 Å². The largest absolute Gasteiger partial charge is 0.480 e. The SMILES string of the molecule is O.O=C(CCc1ccccc1)NC(Cc1cnc[nH]1)C(=O)O. The molecule has 0 saturated carbocycles. The average Bonchev–Trinajstić information content (AvgIpc) is 2.98. The minimum absolute atomic E-state index is 0. The van der Waals surface area contributed by atoms with Gasteiger partial charge in [0.15, 0.2) is 0 Å². The van der Waals surface area contributed by atoms with Crippen LogP contribution in [-0.4, -0.2) is 38.5 Å². The molecule has 7 nitrogen and oxygen atoms in total. The number of aryl methyl sites for hydroxylation is 1. The van der Waals surface area contributed by atoms with E-state index in [1.54, 1.807) is 6.20 Å². The number of benzene rings is 1. The second kappa shape index (κ2) is 8.58. The second-order valence-electron chi connectivity index (χ2n) is 4.72. The highest BCUT2D eigenvalue weighted by atomic mass is 16.4. The summed E-state index contributed by atoms with van der Waals surface area (Å²) in [7, 11) is 0. The Bertz CT molecular complexity index is 584. The predicted octanol–water partition coefficient (Wildman–Crippen LogP) is 0.330. The molecule has 2 rings (SSSR count). The number of carbonyl (C=O) groups excluding carboxylic acids is 1. The molecule has 1 aromatic carbocycles. The van der Waals surface area contributed by atoms with Crippen molar-refractivity contribution in [3.05, 3.63) is 54.1 Å². The highest BCUT2D eigenvalue weighted by Gasteiger charge is 2.20. The molecule has 1 atom stereocenters. The smallest absolute Gasteiger partial charge is 0.326 e. The van der Waals surface area contributed by atoms with E-state index in [1.165, 1.54) is 6.33 Å². The first kappa shape index (κ1) is 17.4. The molecule has 1 unspecified atom stereocenters. The first-order valence-electron chi connectivity index (χ1n) is 6.68. The minimum atomic E-state index is -1.06. The van der Waals surface area contributed by atoms with Crippen LogP contribution < -0.4 is 5.32 Å². The molecular weight excluding hydrogens is 286 g/mol. The molecule has 1 heterocycles. The topological polar surface area (TPSA) is 127 Å². The van der Waals surface area contributed by atoms with Crippen molar-refractivity contribution in [1.29, 1.82) is 0 Å². The molecule has 0 spiro atoms. The van der Waals surface area contributed by atoms with E-state index in [1.807, 2.05) is 30.3 Å². The van der Waals surface area contributed by atoms with Gasteiger partial charge in [0.1, 0.15) is 6.04 Å². The number of aromatic amines is 1. The fourth-order valence-corrected chi connectivity index (χ4v) is 1.99. The molecule has 2 aromatic rings. The second-order valence-corrected chi connectivity index (χ2v) is 4.72. The van der Waals surface area contributed by atoms with Crippen molar-refractivity contribution in [3.8, 4) is 0 Å². The third-order valence-electron chi connectivity index (χ3n) is 3.10. The summed E-state index contributed by atoms with van der Waals surface area (Å²) < 4.78 is 0. The zero-order chi connectivity index (χ0) is 15.1. The van der Waals surface area contributed by atoms with Gasteiger partial charge in [0.2, 0.25) is 5.91 Å². The Morgan fingerprint density at radius 3 is 2.59 bits per heavy atom. The van der Waals surface area contributed by atoms with Crippen molar-refractivity contribution in [1.82, 2.24) is 15.3 Å². The van der Waals surface area contributed by atoms with Crippen LogP contribution >= 0.6 is 0 Å². The number of carboxylic acid groups (broad SMARTS) is 1. The van der Waals surface area contributed by atoms with Gasteiger partial charge in [-0.05, 0) is 12.0 Å². The first-order valence-corrected chi connectivity index (χ1v) is 6.68. The molecule has 0 bridgehead atoms. The van der Waals surface area contributed by atoms with Crippen LogP contribution in [0.4, 0.5) is 0 Å². The van der Waals surface area contributed by atoms with Gasteiger partial charge in [-0.1, -0.05) is 30.3 Å². The van der Waals surface area contributed by atoms with Crippen molar-refractivity contribution in [2.45, 2.75) is 25.3 Å². The quantitative estimate of drug-likeness (QED) is 0.681. The summed E-state index contributed by atoms with van der Waals surface area (Å²) in [6, 6.07) is 8.65. The number of amides is 1. The van der Waals surface area contributed by atoms with Crippen LogP contribution in [0, 0.1) is 0 Å². The molecule has 0 fully saturated rings. The third-order valence-corrected chi connectivity index (χ3v) is 3.10. The van der Waals surface area contributed by atoms with Crippen LogP contribution in [0.1, 0.15) is 17.7 Å². The Kier molecular flexibility index (Phi) is 6.78. The van der Waals surface area contributed by atoms with Crippen LogP contribution in [0.3, 0.4) is 0 Å². The van der Waals surface area contributed by atoms with Gasteiger partial charge in [-0.3, -0.25) is 4.79 Å². The number of H-pyrrole nitrogens is 1. The molecule has 0 aliphatic carbocycles. The number of imidazole rings is 1. The number of aromatic nitrogens is 2. The molecule has 1 amide bonds. The Hall–Kier alpha value is -2.67. The van der Waals surface area contributed by atoms with Crippen molar-refractivity contribution < 1.29 is 20.2 Å². The van der Waals surface area contributed by atoms with E-state index in [2.05, 4.69) is 15.3 Å².